The highest BCUT2D eigenvalue weighted by molar-refractivity contribution is 6.61. The first-order valence-electron chi connectivity index (χ1n) is 4.00. The van der Waals surface area contributed by atoms with Crippen LogP contribution in [0.2, 0.25) is 0 Å². The summed E-state index contributed by atoms with van der Waals surface area (Å²) in [5, 5.41) is 27.5. The van der Waals surface area contributed by atoms with Gasteiger partial charge >= 0.3 is 7.12 Å². The van der Waals surface area contributed by atoms with E-state index in [1.165, 1.54) is 12.3 Å². The highest BCUT2D eigenvalue weighted by atomic mass is 16.4. The molecule has 0 aliphatic rings. The largest absolute Gasteiger partial charge is 0.492 e. The van der Waals surface area contributed by atoms with E-state index in [-0.39, 0.29) is 5.46 Å². The fourth-order valence-corrected chi connectivity index (χ4v) is 1.37. The average Bonchev–Trinajstić information content (AvgIpc) is 2.63. The number of benzene rings is 1. The van der Waals surface area contributed by atoms with E-state index in [0.29, 0.717) is 16.5 Å². The van der Waals surface area contributed by atoms with Crippen LogP contribution in [0.15, 0.2) is 28.9 Å². The summed E-state index contributed by atoms with van der Waals surface area (Å²) in [6, 6.07) is 6.64. The molecule has 2 rings (SSSR count). The van der Waals surface area contributed by atoms with Crippen molar-refractivity contribution < 1.29 is 14.5 Å². The zero-order valence-corrected chi connectivity index (χ0v) is 7.14. The van der Waals surface area contributed by atoms with Crippen LogP contribution in [0, 0.1) is 11.3 Å². The van der Waals surface area contributed by atoms with Crippen LogP contribution in [-0.4, -0.2) is 17.2 Å². The maximum atomic E-state index is 9.05. The molecular formula is C9H6BNO3. The maximum Gasteiger partial charge on any atom is 0.492 e. The number of hydrogen-bond donors (Lipinski definition) is 2. The number of furan rings is 1. The summed E-state index contributed by atoms with van der Waals surface area (Å²) >= 11 is 0. The van der Waals surface area contributed by atoms with Crippen molar-refractivity contribution in [2.75, 3.05) is 0 Å². The van der Waals surface area contributed by atoms with Gasteiger partial charge in [-0.3, -0.25) is 0 Å². The van der Waals surface area contributed by atoms with Crippen LogP contribution in [-0.2, 0) is 0 Å². The maximum absolute atomic E-state index is 9.05. The minimum atomic E-state index is -1.63. The highest BCUT2D eigenvalue weighted by Crippen LogP contribution is 2.15. The van der Waals surface area contributed by atoms with Gasteiger partial charge in [0.1, 0.15) is 5.58 Å². The summed E-state index contributed by atoms with van der Waals surface area (Å²) in [5.41, 5.74) is 0.991. The van der Waals surface area contributed by atoms with E-state index in [2.05, 4.69) is 0 Å². The molecule has 4 nitrogen and oxygen atoms in total. The first-order chi connectivity index (χ1) is 6.72. The minimum Gasteiger partial charge on any atom is -0.465 e. The van der Waals surface area contributed by atoms with E-state index >= 15 is 0 Å². The van der Waals surface area contributed by atoms with E-state index in [1.54, 1.807) is 12.1 Å². The Morgan fingerprint density at radius 2 is 2.14 bits per heavy atom. The van der Waals surface area contributed by atoms with Crippen molar-refractivity contribution in [1.82, 2.24) is 0 Å². The molecule has 5 heteroatoms. The Morgan fingerprint density at radius 1 is 1.36 bits per heavy atom. The Labute approximate surface area is 80.1 Å². The fraction of sp³-hybridized carbons (Fsp3) is 0. The number of nitriles is 1. The Balaban J connectivity index is 2.78. The summed E-state index contributed by atoms with van der Waals surface area (Å²) in [5.74, 6) is 0. The lowest BCUT2D eigenvalue weighted by molar-refractivity contribution is 0.425. The summed E-state index contributed by atoms with van der Waals surface area (Å²) in [7, 11) is -1.63. The molecule has 0 aliphatic heterocycles. The topological polar surface area (TPSA) is 77.4 Å². The molecule has 0 spiro atoms. The van der Waals surface area contributed by atoms with Gasteiger partial charge in [-0.05, 0) is 18.2 Å². The molecule has 14 heavy (non-hydrogen) atoms. The summed E-state index contributed by atoms with van der Waals surface area (Å²) in [4.78, 5) is 0. The van der Waals surface area contributed by atoms with Gasteiger partial charge in [-0.1, -0.05) is 0 Å². The molecule has 0 radical (unpaired) electrons. The second kappa shape index (κ2) is 3.18. The number of rotatable bonds is 1. The second-order valence-corrected chi connectivity index (χ2v) is 2.89. The molecule has 1 heterocycles. The molecular weight excluding hydrogens is 181 g/mol. The molecule has 0 bridgehead atoms. The van der Waals surface area contributed by atoms with Gasteiger partial charge in [-0.2, -0.15) is 5.26 Å². The van der Waals surface area contributed by atoms with Gasteiger partial charge in [0.2, 0.25) is 0 Å². The first-order valence-corrected chi connectivity index (χ1v) is 4.00. The smallest absolute Gasteiger partial charge is 0.465 e. The highest BCUT2D eigenvalue weighted by Gasteiger charge is 2.18. The Morgan fingerprint density at radius 3 is 2.79 bits per heavy atom. The third kappa shape index (κ3) is 1.27. The van der Waals surface area contributed by atoms with E-state index in [0.717, 1.165) is 0 Å². The molecule has 1 aromatic heterocycles. The average molecular weight is 187 g/mol. The summed E-state index contributed by atoms with van der Waals surface area (Å²) in [6.45, 7) is 0. The summed E-state index contributed by atoms with van der Waals surface area (Å²) in [6.07, 6.45) is 1.44. The van der Waals surface area contributed by atoms with Crippen LogP contribution in [0.25, 0.3) is 11.0 Å². The van der Waals surface area contributed by atoms with Crippen LogP contribution in [0.5, 0.6) is 0 Å². The van der Waals surface area contributed by atoms with Crippen molar-refractivity contribution in [3.05, 3.63) is 30.0 Å². The molecule has 2 N–H and O–H groups in total. The minimum absolute atomic E-state index is 0.212. The first kappa shape index (κ1) is 8.82. The van der Waals surface area contributed by atoms with Crippen LogP contribution in [0.4, 0.5) is 0 Å². The van der Waals surface area contributed by atoms with Gasteiger partial charge in [0.15, 0.2) is 0 Å². The van der Waals surface area contributed by atoms with Crippen LogP contribution >= 0.6 is 0 Å². The molecule has 0 fully saturated rings. The number of nitrogens with zero attached hydrogens (tertiary/aromatic N) is 1. The quantitative estimate of drug-likeness (QED) is 0.615. The van der Waals surface area contributed by atoms with E-state index < -0.39 is 7.12 Å². The van der Waals surface area contributed by atoms with Crippen LogP contribution in [0.3, 0.4) is 0 Å². The molecule has 0 atom stereocenters. The predicted octanol–water partition coefficient (Wildman–Crippen LogP) is -0.0157. The standard InChI is InChI=1S/C9H6BNO3/c11-5-6-3-7-1-2-14-9(7)8(4-6)10(12)13/h1-4,12-13H. The van der Waals surface area contributed by atoms with Gasteiger partial charge in [0, 0.05) is 10.8 Å². The van der Waals surface area contributed by atoms with Crippen LogP contribution in [0.1, 0.15) is 5.56 Å². The Hall–Kier alpha value is -1.77. The number of hydrogen-bond acceptors (Lipinski definition) is 4. The van der Waals surface area contributed by atoms with Gasteiger partial charge in [-0.15, -0.1) is 0 Å². The molecule has 0 amide bonds. The molecule has 68 valence electrons. The van der Waals surface area contributed by atoms with Crippen molar-refractivity contribution in [2.45, 2.75) is 0 Å². The van der Waals surface area contributed by atoms with E-state index in [9.17, 15) is 0 Å². The molecule has 0 saturated heterocycles. The molecule has 0 saturated carbocycles. The second-order valence-electron chi connectivity index (χ2n) is 2.89. The third-order valence-corrected chi connectivity index (χ3v) is 1.99. The fourth-order valence-electron chi connectivity index (χ4n) is 1.37. The van der Waals surface area contributed by atoms with Crippen molar-refractivity contribution in [3.8, 4) is 6.07 Å². The molecule has 0 aliphatic carbocycles. The zero-order chi connectivity index (χ0) is 10.1. The van der Waals surface area contributed by atoms with E-state index in [4.69, 9.17) is 19.7 Å². The third-order valence-electron chi connectivity index (χ3n) is 1.99. The van der Waals surface area contributed by atoms with Gasteiger partial charge in [-0.25, -0.2) is 0 Å². The number of fused-ring (bicyclic) bond motifs is 1. The lowest BCUT2D eigenvalue weighted by Gasteiger charge is -2.00. The monoisotopic (exact) mass is 187 g/mol. The lowest BCUT2D eigenvalue weighted by atomic mass is 9.78. The zero-order valence-electron chi connectivity index (χ0n) is 7.14. The van der Waals surface area contributed by atoms with Gasteiger partial charge < -0.3 is 14.5 Å². The summed E-state index contributed by atoms with van der Waals surface area (Å²) < 4.78 is 5.08. The Bertz CT molecular complexity index is 512. The lowest BCUT2D eigenvalue weighted by Crippen LogP contribution is -2.30. The molecule has 0 unspecified atom stereocenters. The Kier molecular flexibility index (Phi) is 2.00. The normalized spacial score (nSPS) is 10.1. The van der Waals surface area contributed by atoms with Crippen molar-refractivity contribution in [1.29, 1.82) is 5.26 Å². The van der Waals surface area contributed by atoms with Gasteiger partial charge in [0.05, 0.1) is 17.9 Å². The van der Waals surface area contributed by atoms with Crippen molar-refractivity contribution in [2.24, 2.45) is 0 Å². The predicted molar refractivity (Wildman–Crippen MR) is 50.8 cm³/mol. The van der Waals surface area contributed by atoms with Gasteiger partial charge in [0.25, 0.3) is 0 Å². The molecule has 2 aromatic rings. The SMILES string of the molecule is N#Cc1cc(B(O)O)c2occc2c1. The van der Waals surface area contributed by atoms with Crippen molar-refractivity contribution in [3.63, 3.8) is 0 Å². The van der Waals surface area contributed by atoms with Crippen LogP contribution < -0.4 is 5.46 Å². The van der Waals surface area contributed by atoms with Crippen molar-refractivity contribution >= 4 is 23.6 Å². The van der Waals surface area contributed by atoms with E-state index in [1.807, 2.05) is 6.07 Å². The molecule has 1 aromatic carbocycles.